The molecule has 2 fully saturated rings. The lowest BCUT2D eigenvalue weighted by atomic mass is 9.81. The average molecular weight is 326 g/mol. The summed E-state index contributed by atoms with van der Waals surface area (Å²) in [6.45, 7) is 8.03. The van der Waals surface area contributed by atoms with Crippen molar-refractivity contribution < 1.29 is 19.4 Å². The van der Waals surface area contributed by atoms with Gasteiger partial charge in [0.25, 0.3) is 0 Å². The van der Waals surface area contributed by atoms with Gasteiger partial charge in [0.05, 0.1) is 0 Å². The second-order valence-corrected chi connectivity index (χ2v) is 7.69. The minimum atomic E-state index is -0.491. The molecular weight excluding hydrogens is 296 g/mol. The van der Waals surface area contributed by atoms with E-state index in [-0.39, 0.29) is 24.5 Å². The molecule has 0 aromatic heterocycles. The zero-order valence-corrected chi connectivity index (χ0v) is 14.6. The number of hydrogen-bond donors (Lipinski definition) is 1. The van der Waals surface area contributed by atoms with Crippen LogP contribution in [0.5, 0.6) is 0 Å². The van der Waals surface area contributed by atoms with Crippen molar-refractivity contribution in [3.63, 3.8) is 0 Å². The fourth-order valence-electron chi connectivity index (χ4n) is 3.29. The highest BCUT2D eigenvalue weighted by molar-refractivity contribution is 5.79. The maximum atomic E-state index is 12.6. The predicted octanol–water partition coefficient (Wildman–Crippen LogP) is 1.86. The Labute approximate surface area is 138 Å². The number of carbonyl (C=O) groups excluding carboxylic acids is 2. The van der Waals surface area contributed by atoms with Gasteiger partial charge in [0.2, 0.25) is 5.91 Å². The quantitative estimate of drug-likeness (QED) is 0.841. The van der Waals surface area contributed by atoms with Gasteiger partial charge in [-0.1, -0.05) is 0 Å². The van der Waals surface area contributed by atoms with Crippen LogP contribution in [0, 0.1) is 11.8 Å². The van der Waals surface area contributed by atoms with E-state index in [4.69, 9.17) is 4.74 Å². The first-order valence-electron chi connectivity index (χ1n) is 8.67. The maximum absolute atomic E-state index is 12.6. The SMILES string of the molecule is CC(C)(C)OC(=O)N1CCN(C(=O)C2CCC(CO)CC2)CC1. The van der Waals surface area contributed by atoms with Crippen molar-refractivity contribution in [2.75, 3.05) is 32.8 Å². The summed E-state index contributed by atoms with van der Waals surface area (Å²) < 4.78 is 5.37. The number of carbonyl (C=O) groups is 2. The van der Waals surface area contributed by atoms with Gasteiger partial charge in [-0.15, -0.1) is 0 Å². The lowest BCUT2D eigenvalue weighted by Gasteiger charge is -2.38. The third-order valence-corrected chi connectivity index (χ3v) is 4.70. The van der Waals surface area contributed by atoms with Gasteiger partial charge in [-0.2, -0.15) is 0 Å². The lowest BCUT2D eigenvalue weighted by Crippen LogP contribution is -2.53. The number of hydrogen-bond acceptors (Lipinski definition) is 4. The summed E-state index contributed by atoms with van der Waals surface area (Å²) >= 11 is 0. The normalized spacial score (nSPS) is 26.1. The van der Waals surface area contributed by atoms with Crippen LogP contribution < -0.4 is 0 Å². The molecule has 1 aliphatic carbocycles. The second-order valence-electron chi connectivity index (χ2n) is 7.69. The molecule has 1 heterocycles. The molecule has 0 radical (unpaired) electrons. The minimum Gasteiger partial charge on any atom is -0.444 e. The van der Waals surface area contributed by atoms with Crippen LogP contribution in [0.25, 0.3) is 0 Å². The predicted molar refractivity (Wildman–Crippen MR) is 86.9 cm³/mol. The van der Waals surface area contributed by atoms with Crippen LogP contribution in [0.4, 0.5) is 4.79 Å². The van der Waals surface area contributed by atoms with Gasteiger partial charge in [-0.3, -0.25) is 4.79 Å². The summed E-state index contributed by atoms with van der Waals surface area (Å²) in [7, 11) is 0. The van der Waals surface area contributed by atoms with Crippen LogP contribution in [0.2, 0.25) is 0 Å². The summed E-state index contributed by atoms with van der Waals surface area (Å²) in [5.41, 5.74) is -0.491. The van der Waals surface area contributed by atoms with E-state index in [0.717, 1.165) is 25.7 Å². The molecule has 132 valence electrons. The van der Waals surface area contributed by atoms with Crippen LogP contribution in [-0.2, 0) is 9.53 Å². The van der Waals surface area contributed by atoms with E-state index < -0.39 is 5.60 Å². The first-order chi connectivity index (χ1) is 10.8. The molecule has 1 saturated carbocycles. The molecule has 2 amide bonds. The largest absolute Gasteiger partial charge is 0.444 e. The fraction of sp³-hybridized carbons (Fsp3) is 0.882. The number of rotatable bonds is 2. The van der Waals surface area contributed by atoms with Gasteiger partial charge >= 0.3 is 6.09 Å². The van der Waals surface area contributed by atoms with Crippen molar-refractivity contribution in [2.45, 2.75) is 52.1 Å². The molecule has 0 aromatic carbocycles. The van der Waals surface area contributed by atoms with Gasteiger partial charge in [0, 0.05) is 38.7 Å². The van der Waals surface area contributed by atoms with Gasteiger partial charge < -0.3 is 19.6 Å². The molecule has 1 saturated heterocycles. The first kappa shape index (κ1) is 18.0. The van der Waals surface area contributed by atoms with E-state index >= 15 is 0 Å². The van der Waals surface area contributed by atoms with Crippen LogP contribution in [0.3, 0.4) is 0 Å². The van der Waals surface area contributed by atoms with Crippen molar-refractivity contribution >= 4 is 12.0 Å². The van der Waals surface area contributed by atoms with Crippen molar-refractivity contribution in [3.8, 4) is 0 Å². The molecule has 2 aliphatic rings. The topological polar surface area (TPSA) is 70.1 Å². The zero-order valence-electron chi connectivity index (χ0n) is 14.6. The summed E-state index contributed by atoms with van der Waals surface area (Å²) in [6, 6.07) is 0. The highest BCUT2D eigenvalue weighted by Gasteiger charge is 2.32. The van der Waals surface area contributed by atoms with E-state index in [1.165, 1.54) is 0 Å². The Morgan fingerprint density at radius 3 is 2.00 bits per heavy atom. The van der Waals surface area contributed by atoms with Crippen molar-refractivity contribution in [1.29, 1.82) is 0 Å². The second kappa shape index (κ2) is 7.51. The molecule has 2 rings (SSSR count). The number of aliphatic hydroxyl groups excluding tert-OH is 1. The standard InChI is InChI=1S/C17H30N2O4/c1-17(2,3)23-16(22)19-10-8-18(9-11-19)15(21)14-6-4-13(12-20)5-7-14/h13-14,20H,4-12H2,1-3H3. The monoisotopic (exact) mass is 326 g/mol. The molecule has 0 bridgehead atoms. The van der Waals surface area contributed by atoms with Crippen molar-refractivity contribution in [3.05, 3.63) is 0 Å². The third kappa shape index (κ3) is 5.09. The summed E-state index contributed by atoms with van der Waals surface area (Å²) in [5, 5.41) is 9.18. The van der Waals surface area contributed by atoms with Gasteiger partial charge in [0.1, 0.15) is 5.60 Å². The summed E-state index contributed by atoms with van der Waals surface area (Å²) in [5.74, 6) is 0.666. The number of amides is 2. The Hall–Kier alpha value is -1.30. The maximum Gasteiger partial charge on any atom is 0.410 e. The highest BCUT2D eigenvalue weighted by atomic mass is 16.6. The molecule has 1 N–H and O–H groups in total. The van der Waals surface area contributed by atoms with Crippen molar-refractivity contribution in [2.24, 2.45) is 11.8 Å². The van der Waals surface area contributed by atoms with Crippen LogP contribution in [0.15, 0.2) is 0 Å². The molecule has 23 heavy (non-hydrogen) atoms. The molecule has 0 spiro atoms. The fourth-order valence-corrected chi connectivity index (χ4v) is 3.29. The summed E-state index contributed by atoms with van der Waals surface area (Å²) in [6.07, 6.45) is 3.32. The van der Waals surface area contributed by atoms with Crippen LogP contribution in [-0.4, -0.2) is 65.3 Å². The lowest BCUT2D eigenvalue weighted by molar-refractivity contribution is -0.138. The zero-order chi connectivity index (χ0) is 17.0. The number of piperazine rings is 1. The molecule has 0 atom stereocenters. The van der Waals surface area contributed by atoms with E-state index in [0.29, 0.717) is 32.1 Å². The molecular formula is C17H30N2O4. The van der Waals surface area contributed by atoms with Crippen LogP contribution >= 0.6 is 0 Å². The Morgan fingerprint density at radius 1 is 1.00 bits per heavy atom. The van der Waals surface area contributed by atoms with E-state index in [1.54, 1.807) is 4.90 Å². The van der Waals surface area contributed by atoms with Gasteiger partial charge in [-0.25, -0.2) is 4.79 Å². The Morgan fingerprint density at radius 2 is 1.52 bits per heavy atom. The average Bonchev–Trinajstić information content (AvgIpc) is 2.53. The molecule has 0 aromatic rings. The Kier molecular flexibility index (Phi) is 5.89. The molecule has 0 unspecified atom stereocenters. The van der Waals surface area contributed by atoms with Crippen LogP contribution in [0.1, 0.15) is 46.5 Å². The van der Waals surface area contributed by atoms with E-state index in [9.17, 15) is 14.7 Å². The number of nitrogens with zero attached hydrogens (tertiary/aromatic N) is 2. The summed E-state index contributed by atoms with van der Waals surface area (Å²) in [4.78, 5) is 28.2. The molecule has 6 nitrogen and oxygen atoms in total. The van der Waals surface area contributed by atoms with Gasteiger partial charge in [-0.05, 0) is 52.4 Å². The minimum absolute atomic E-state index is 0.0888. The highest BCUT2D eigenvalue weighted by Crippen LogP contribution is 2.30. The third-order valence-electron chi connectivity index (χ3n) is 4.70. The van der Waals surface area contributed by atoms with Crippen molar-refractivity contribution in [1.82, 2.24) is 9.80 Å². The van der Waals surface area contributed by atoms with Gasteiger partial charge in [0.15, 0.2) is 0 Å². The molecule has 6 heteroatoms. The number of aliphatic hydroxyl groups is 1. The molecule has 1 aliphatic heterocycles. The Bertz CT molecular complexity index is 417. The first-order valence-corrected chi connectivity index (χ1v) is 8.67. The Balaban J connectivity index is 1.78. The smallest absolute Gasteiger partial charge is 0.410 e. The van der Waals surface area contributed by atoms with E-state index in [2.05, 4.69) is 0 Å². The number of ether oxygens (including phenoxy) is 1. The van der Waals surface area contributed by atoms with E-state index in [1.807, 2.05) is 25.7 Å².